The van der Waals surface area contributed by atoms with Crippen LogP contribution in [0.1, 0.15) is 27.7 Å². The summed E-state index contributed by atoms with van der Waals surface area (Å²) in [5.41, 5.74) is 0. The van der Waals surface area contributed by atoms with Gasteiger partial charge >= 0.3 is 0 Å². The summed E-state index contributed by atoms with van der Waals surface area (Å²) in [6, 6.07) is 0.749. The zero-order valence-electron chi connectivity index (χ0n) is 12.2. The predicted octanol–water partition coefficient (Wildman–Crippen LogP) is 1.78. The zero-order valence-corrected chi connectivity index (χ0v) is 12.2. The Morgan fingerprint density at radius 2 is 1.59 bits per heavy atom. The lowest BCUT2D eigenvalue weighted by molar-refractivity contribution is -0.0212. The summed E-state index contributed by atoms with van der Waals surface area (Å²) in [5, 5.41) is 0. The van der Waals surface area contributed by atoms with E-state index >= 15 is 0 Å². The normalized spacial score (nSPS) is 13.9. The molecule has 0 radical (unpaired) electrons. The second-order valence-corrected chi connectivity index (χ2v) is 4.82. The average Bonchev–Trinajstić information content (AvgIpc) is 2.25. The molecule has 0 aliphatic heterocycles. The molecule has 0 rings (SSSR count). The zero-order chi connectivity index (χ0) is 13.3. The molecule has 0 spiro atoms. The molecule has 0 N–H and O–H groups in total. The van der Waals surface area contributed by atoms with Crippen molar-refractivity contribution < 1.29 is 14.2 Å². The molecule has 0 aliphatic rings. The van der Waals surface area contributed by atoms with Crippen molar-refractivity contribution >= 4 is 0 Å². The Morgan fingerprint density at radius 3 is 2.00 bits per heavy atom. The van der Waals surface area contributed by atoms with Crippen LogP contribution in [0.25, 0.3) is 0 Å². The second-order valence-electron chi connectivity index (χ2n) is 4.82. The first-order valence-corrected chi connectivity index (χ1v) is 6.38. The van der Waals surface area contributed by atoms with Crippen molar-refractivity contribution in [1.29, 1.82) is 0 Å². The smallest absolute Gasteiger partial charge is 0.0647 e. The summed E-state index contributed by atoms with van der Waals surface area (Å²) in [4.78, 5) is 2.37. The van der Waals surface area contributed by atoms with Gasteiger partial charge in [-0.3, -0.25) is 4.90 Å². The van der Waals surface area contributed by atoms with Gasteiger partial charge in [-0.15, -0.1) is 0 Å². The van der Waals surface area contributed by atoms with Gasteiger partial charge in [0.15, 0.2) is 0 Å². The third-order valence-electron chi connectivity index (χ3n) is 2.67. The average molecular weight is 247 g/mol. The minimum Gasteiger partial charge on any atom is -0.383 e. The molecule has 0 bridgehead atoms. The van der Waals surface area contributed by atoms with Crippen molar-refractivity contribution in [2.24, 2.45) is 0 Å². The van der Waals surface area contributed by atoms with Gasteiger partial charge in [-0.05, 0) is 27.7 Å². The van der Waals surface area contributed by atoms with E-state index in [0.29, 0.717) is 19.3 Å². The molecule has 0 fully saturated rings. The van der Waals surface area contributed by atoms with Gasteiger partial charge in [0.05, 0.1) is 32.0 Å². The minimum absolute atomic E-state index is 0.255. The maximum absolute atomic E-state index is 5.71. The summed E-state index contributed by atoms with van der Waals surface area (Å²) >= 11 is 0. The molecule has 0 aromatic carbocycles. The molecule has 0 saturated carbocycles. The van der Waals surface area contributed by atoms with E-state index < -0.39 is 0 Å². The summed E-state index contributed by atoms with van der Waals surface area (Å²) < 4.78 is 16.1. The molecule has 0 heterocycles. The van der Waals surface area contributed by atoms with Gasteiger partial charge in [0, 0.05) is 26.8 Å². The molecular weight excluding hydrogens is 218 g/mol. The predicted molar refractivity (Wildman–Crippen MR) is 70.5 cm³/mol. The van der Waals surface area contributed by atoms with Crippen molar-refractivity contribution in [2.45, 2.75) is 45.9 Å². The number of nitrogens with zero attached hydrogens (tertiary/aromatic N) is 1. The second kappa shape index (κ2) is 9.83. The molecule has 0 aromatic heterocycles. The molecule has 4 heteroatoms. The van der Waals surface area contributed by atoms with Crippen LogP contribution in [0, 0.1) is 0 Å². The number of methoxy groups -OCH3 is 2. The van der Waals surface area contributed by atoms with Gasteiger partial charge in [-0.25, -0.2) is 0 Å². The minimum atomic E-state index is 0.255. The van der Waals surface area contributed by atoms with E-state index in [2.05, 4.69) is 32.6 Å². The van der Waals surface area contributed by atoms with E-state index in [-0.39, 0.29) is 12.1 Å². The lowest BCUT2D eigenvalue weighted by atomic mass is 10.2. The van der Waals surface area contributed by atoms with Crippen molar-refractivity contribution in [3.05, 3.63) is 0 Å². The maximum atomic E-state index is 5.71. The Bertz CT molecular complexity index is 174. The summed E-state index contributed by atoms with van der Waals surface area (Å²) in [6.45, 7) is 11.5. The Balaban J connectivity index is 4.35. The fourth-order valence-electron chi connectivity index (χ4n) is 1.79. The molecule has 1 unspecified atom stereocenters. The van der Waals surface area contributed by atoms with E-state index in [0.717, 1.165) is 13.2 Å². The molecule has 0 saturated heterocycles. The highest BCUT2D eigenvalue weighted by Gasteiger charge is 2.21. The molecule has 17 heavy (non-hydrogen) atoms. The SMILES string of the molecule is COCCN(C(C)C)C(COC)COC(C)C. The molecule has 0 aromatic rings. The third kappa shape index (κ3) is 7.71. The molecule has 0 amide bonds. The number of ether oxygens (including phenoxy) is 3. The molecule has 0 aliphatic carbocycles. The standard InChI is InChI=1S/C13H29NO3/c1-11(2)14(7-8-15-5)13(9-16-6)10-17-12(3)4/h11-13H,7-10H2,1-6H3. The summed E-state index contributed by atoms with van der Waals surface area (Å²) in [7, 11) is 3.46. The first-order valence-electron chi connectivity index (χ1n) is 6.38. The quantitative estimate of drug-likeness (QED) is 0.589. The van der Waals surface area contributed by atoms with Gasteiger partial charge in [0.2, 0.25) is 0 Å². The molecular formula is C13H29NO3. The summed E-state index contributed by atoms with van der Waals surface area (Å²) in [5.74, 6) is 0. The topological polar surface area (TPSA) is 30.9 Å². The maximum Gasteiger partial charge on any atom is 0.0647 e. The largest absolute Gasteiger partial charge is 0.383 e. The van der Waals surface area contributed by atoms with Crippen molar-refractivity contribution in [3.8, 4) is 0 Å². The monoisotopic (exact) mass is 247 g/mol. The van der Waals surface area contributed by atoms with Crippen molar-refractivity contribution in [1.82, 2.24) is 4.90 Å². The third-order valence-corrected chi connectivity index (χ3v) is 2.67. The highest BCUT2D eigenvalue weighted by molar-refractivity contribution is 4.74. The van der Waals surface area contributed by atoms with Crippen LogP contribution in [0.2, 0.25) is 0 Å². The van der Waals surface area contributed by atoms with Crippen LogP contribution in [0.5, 0.6) is 0 Å². The lowest BCUT2D eigenvalue weighted by Gasteiger charge is -2.34. The lowest BCUT2D eigenvalue weighted by Crippen LogP contribution is -2.47. The van der Waals surface area contributed by atoms with Crippen LogP contribution in [-0.2, 0) is 14.2 Å². The molecule has 104 valence electrons. The van der Waals surface area contributed by atoms with Crippen LogP contribution in [0.3, 0.4) is 0 Å². The van der Waals surface area contributed by atoms with Crippen LogP contribution < -0.4 is 0 Å². The number of hydrogen-bond acceptors (Lipinski definition) is 4. The van der Waals surface area contributed by atoms with E-state index in [4.69, 9.17) is 14.2 Å². The summed E-state index contributed by atoms with van der Waals surface area (Å²) in [6.07, 6.45) is 0.255. The number of hydrogen-bond donors (Lipinski definition) is 0. The van der Waals surface area contributed by atoms with E-state index in [9.17, 15) is 0 Å². The van der Waals surface area contributed by atoms with Gasteiger partial charge in [0.1, 0.15) is 0 Å². The van der Waals surface area contributed by atoms with E-state index in [1.54, 1.807) is 14.2 Å². The fraction of sp³-hybridized carbons (Fsp3) is 1.00. The Hall–Kier alpha value is -0.160. The van der Waals surface area contributed by atoms with Crippen molar-refractivity contribution in [3.63, 3.8) is 0 Å². The van der Waals surface area contributed by atoms with Crippen LogP contribution in [0.4, 0.5) is 0 Å². The highest BCUT2D eigenvalue weighted by atomic mass is 16.5. The number of rotatable bonds is 10. The molecule has 4 nitrogen and oxygen atoms in total. The van der Waals surface area contributed by atoms with Crippen molar-refractivity contribution in [2.75, 3.05) is 40.6 Å². The molecule has 1 atom stereocenters. The first kappa shape index (κ1) is 16.8. The first-order chi connectivity index (χ1) is 8.02. The van der Waals surface area contributed by atoms with Gasteiger partial charge in [-0.1, -0.05) is 0 Å². The van der Waals surface area contributed by atoms with Gasteiger partial charge < -0.3 is 14.2 Å². The van der Waals surface area contributed by atoms with E-state index in [1.165, 1.54) is 0 Å². The highest BCUT2D eigenvalue weighted by Crippen LogP contribution is 2.08. The van der Waals surface area contributed by atoms with Crippen LogP contribution in [0.15, 0.2) is 0 Å². The van der Waals surface area contributed by atoms with E-state index in [1.807, 2.05) is 0 Å². The fourth-order valence-corrected chi connectivity index (χ4v) is 1.79. The van der Waals surface area contributed by atoms with Gasteiger partial charge in [-0.2, -0.15) is 0 Å². The Morgan fingerprint density at radius 1 is 0.941 bits per heavy atom. The van der Waals surface area contributed by atoms with Crippen LogP contribution in [-0.4, -0.2) is 63.7 Å². The Kier molecular flexibility index (Phi) is 9.74. The van der Waals surface area contributed by atoms with Gasteiger partial charge in [0.25, 0.3) is 0 Å². The van der Waals surface area contributed by atoms with Crippen LogP contribution >= 0.6 is 0 Å². The Labute approximate surface area is 106 Å².